The van der Waals surface area contributed by atoms with Crippen molar-refractivity contribution in [2.45, 2.75) is 70.9 Å². The Labute approximate surface area is 164 Å². The van der Waals surface area contributed by atoms with Gasteiger partial charge in [0.15, 0.2) is 0 Å². The van der Waals surface area contributed by atoms with Crippen LogP contribution >= 0.6 is 0 Å². The average molecular weight is 368 g/mol. The Kier molecular flexibility index (Phi) is 5.89. The van der Waals surface area contributed by atoms with Crippen molar-refractivity contribution in [2.24, 2.45) is 17.6 Å². The molecular formula is C24H37N3. The molecule has 2 fully saturated rings. The number of likely N-dealkylation sites (tertiary alicyclic amines) is 1. The van der Waals surface area contributed by atoms with Gasteiger partial charge < -0.3 is 15.2 Å². The van der Waals surface area contributed by atoms with E-state index in [4.69, 9.17) is 5.73 Å². The fourth-order valence-electron chi connectivity index (χ4n) is 5.65. The summed E-state index contributed by atoms with van der Waals surface area (Å²) in [7, 11) is 0. The van der Waals surface area contributed by atoms with Gasteiger partial charge in [-0.3, -0.25) is 0 Å². The molecule has 2 aliphatic rings. The quantitative estimate of drug-likeness (QED) is 0.807. The highest BCUT2D eigenvalue weighted by atomic mass is 15.2. The van der Waals surface area contributed by atoms with Crippen LogP contribution in [-0.2, 0) is 6.42 Å². The second kappa shape index (κ2) is 8.36. The SMILES string of the molecule is CC(C)[C@H]1CC[C@@H](N2CCC(n3c(CCN)cc4ccccc43)CC2)CC1. The van der Waals surface area contributed by atoms with Gasteiger partial charge in [0, 0.05) is 36.4 Å². The van der Waals surface area contributed by atoms with Crippen LogP contribution in [0.4, 0.5) is 0 Å². The lowest BCUT2D eigenvalue weighted by Gasteiger charge is -2.42. The van der Waals surface area contributed by atoms with Crippen molar-refractivity contribution in [3.63, 3.8) is 0 Å². The number of fused-ring (bicyclic) bond motifs is 1. The van der Waals surface area contributed by atoms with E-state index in [0.717, 1.165) is 30.8 Å². The largest absolute Gasteiger partial charge is 0.341 e. The van der Waals surface area contributed by atoms with Gasteiger partial charge in [0.25, 0.3) is 0 Å². The lowest BCUT2D eigenvalue weighted by Crippen LogP contribution is -2.44. The topological polar surface area (TPSA) is 34.2 Å². The summed E-state index contributed by atoms with van der Waals surface area (Å²) in [6.07, 6.45) is 9.24. The van der Waals surface area contributed by atoms with Crippen molar-refractivity contribution in [3.05, 3.63) is 36.0 Å². The number of hydrogen-bond acceptors (Lipinski definition) is 2. The molecule has 27 heavy (non-hydrogen) atoms. The number of nitrogens with zero attached hydrogens (tertiary/aromatic N) is 2. The average Bonchev–Trinajstić information content (AvgIpc) is 3.06. The van der Waals surface area contributed by atoms with E-state index in [9.17, 15) is 0 Å². The fraction of sp³-hybridized carbons (Fsp3) is 0.667. The highest BCUT2D eigenvalue weighted by Gasteiger charge is 2.31. The number of benzene rings is 1. The van der Waals surface area contributed by atoms with Gasteiger partial charge in [-0.15, -0.1) is 0 Å². The van der Waals surface area contributed by atoms with Crippen LogP contribution < -0.4 is 5.73 Å². The van der Waals surface area contributed by atoms with E-state index in [1.165, 1.54) is 68.2 Å². The van der Waals surface area contributed by atoms with Crippen molar-refractivity contribution in [1.29, 1.82) is 0 Å². The number of piperidine rings is 1. The summed E-state index contributed by atoms with van der Waals surface area (Å²) in [6, 6.07) is 12.7. The van der Waals surface area contributed by atoms with Gasteiger partial charge in [-0.2, -0.15) is 0 Å². The van der Waals surface area contributed by atoms with Crippen molar-refractivity contribution in [3.8, 4) is 0 Å². The maximum atomic E-state index is 5.91. The molecule has 0 atom stereocenters. The van der Waals surface area contributed by atoms with Crippen LogP contribution in [0.3, 0.4) is 0 Å². The molecule has 2 N–H and O–H groups in total. The Morgan fingerprint density at radius 3 is 2.33 bits per heavy atom. The van der Waals surface area contributed by atoms with Crippen molar-refractivity contribution >= 4 is 10.9 Å². The van der Waals surface area contributed by atoms with Crippen LogP contribution in [0.15, 0.2) is 30.3 Å². The standard InChI is InChI=1S/C24H37N3/c1-18(2)19-7-9-21(10-8-19)26-15-12-22(13-16-26)27-23(11-14-25)17-20-5-3-4-6-24(20)27/h3-6,17-19,21-22H,7-16,25H2,1-2H3/t19-,21+. The van der Waals surface area contributed by atoms with Crippen LogP contribution in [-0.4, -0.2) is 35.1 Å². The third kappa shape index (κ3) is 3.95. The lowest BCUT2D eigenvalue weighted by atomic mass is 9.79. The lowest BCUT2D eigenvalue weighted by molar-refractivity contribution is 0.0890. The second-order valence-electron chi connectivity index (χ2n) is 9.18. The molecule has 1 aromatic heterocycles. The summed E-state index contributed by atoms with van der Waals surface area (Å²) in [5.74, 6) is 1.82. The molecular weight excluding hydrogens is 330 g/mol. The highest BCUT2D eigenvalue weighted by Crippen LogP contribution is 2.36. The molecule has 0 radical (unpaired) electrons. The molecule has 3 heteroatoms. The first kappa shape index (κ1) is 19.0. The third-order valence-corrected chi connectivity index (χ3v) is 7.29. The van der Waals surface area contributed by atoms with E-state index in [0.29, 0.717) is 6.04 Å². The third-order valence-electron chi connectivity index (χ3n) is 7.29. The molecule has 1 aliphatic carbocycles. The molecule has 0 spiro atoms. The van der Waals surface area contributed by atoms with Crippen LogP contribution in [0.2, 0.25) is 0 Å². The van der Waals surface area contributed by atoms with Crippen LogP contribution in [0.25, 0.3) is 10.9 Å². The Bertz CT molecular complexity index is 731. The summed E-state index contributed by atoms with van der Waals surface area (Å²) < 4.78 is 2.62. The Morgan fingerprint density at radius 1 is 0.963 bits per heavy atom. The monoisotopic (exact) mass is 367 g/mol. The first-order valence-electron chi connectivity index (χ1n) is 11.2. The number of rotatable bonds is 5. The second-order valence-corrected chi connectivity index (χ2v) is 9.18. The minimum atomic E-state index is 0.634. The molecule has 3 nitrogen and oxygen atoms in total. The van der Waals surface area contributed by atoms with E-state index in [1.807, 2.05) is 0 Å². The zero-order valence-corrected chi connectivity index (χ0v) is 17.2. The summed E-state index contributed by atoms with van der Waals surface area (Å²) in [6.45, 7) is 8.05. The van der Waals surface area contributed by atoms with Crippen molar-refractivity contribution in [2.75, 3.05) is 19.6 Å². The molecule has 0 bridgehead atoms. The predicted octanol–water partition coefficient (Wildman–Crippen LogP) is 4.99. The normalized spacial score (nSPS) is 25.5. The van der Waals surface area contributed by atoms with Gasteiger partial charge in [-0.1, -0.05) is 32.0 Å². The van der Waals surface area contributed by atoms with Crippen LogP contribution in [0, 0.1) is 11.8 Å². The van der Waals surface area contributed by atoms with Crippen molar-refractivity contribution in [1.82, 2.24) is 9.47 Å². The maximum Gasteiger partial charge on any atom is 0.0485 e. The smallest absolute Gasteiger partial charge is 0.0485 e. The Balaban J connectivity index is 1.43. The van der Waals surface area contributed by atoms with Gasteiger partial charge in [-0.25, -0.2) is 0 Å². The number of para-hydroxylation sites is 1. The summed E-state index contributed by atoms with van der Waals surface area (Å²) in [5, 5.41) is 1.37. The molecule has 1 aliphatic heterocycles. The maximum absolute atomic E-state index is 5.91. The number of hydrogen-bond donors (Lipinski definition) is 1. The molecule has 1 aromatic carbocycles. The first-order valence-corrected chi connectivity index (χ1v) is 11.2. The zero-order valence-electron chi connectivity index (χ0n) is 17.2. The van der Waals surface area contributed by atoms with Crippen LogP contribution in [0.5, 0.6) is 0 Å². The molecule has 0 unspecified atom stereocenters. The van der Waals surface area contributed by atoms with E-state index in [2.05, 4.69) is 53.6 Å². The molecule has 0 amide bonds. The van der Waals surface area contributed by atoms with Gasteiger partial charge in [0.1, 0.15) is 0 Å². The van der Waals surface area contributed by atoms with E-state index in [-0.39, 0.29) is 0 Å². The summed E-state index contributed by atoms with van der Waals surface area (Å²) in [4.78, 5) is 2.81. The first-order chi connectivity index (χ1) is 13.2. The molecule has 148 valence electrons. The molecule has 4 rings (SSSR count). The minimum absolute atomic E-state index is 0.634. The predicted molar refractivity (Wildman–Crippen MR) is 115 cm³/mol. The molecule has 1 saturated carbocycles. The molecule has 1 saturated heterocycles. The summed E-state index contributed by atoms with van der Waals surface area (Å²) >= 11 is 0. The van der Waals surface area contributed by atoms with Gasteiger partial charge in [-0.05, 0) is 80.8 Å². The summed E-state index contributed by atoms with van der Waals surface area (Å²) in [5.41, 5.74) is 8.74. The van der Waals surface area contributed by atoms with E-state index < -0.39 is 0 Å². The minimum Gasteiger partial charge on any atom is -0.341 e. The number of aromatic nitrogens is 1. The Hall–Kier alpha value is -1.32. The van der Waals surface area contributed by atoms with Gasteiger partial charge >= 0.3 is 0 Å². The van der Waals surface area contributed by atoms with Crippen molar-refractivity contribution < 1.29 is 0 Å². The number of nitrogens with two attached hydrogens (primary N) is 1. The molecule has 2 aromatic rings. The van der Waals surface area contributed by atoms with Gasteiger partial charge in [0.2, 0.25) is 0 Å². The van der Waals surface area contributed by atoms with Crippen LogP contribution in [0.1, 0.15) is 64.1 Å². The zero-order chi connectivity index (χ0) is 18.8. The fourth-order valence-corrected chi connectivity index (χ4v) is 5.65. The van der Waals surface area contributed by atoms with E-state index >= 15 is 0 Å². The Morgan fingerprint density at radius 2 is 1.67 bits per heavy atom. The van der Waals surface area contributed by atoms with Gasteiger partial charge in [0.05, 0.1) is 0 Å². The highest BCUT2D eigenvalue weighted by molar-refractivity contribution is 5.81. The molecule has 2 heterocycles. The van der Waals surface area contributed by atoms with E-state index in [1.54, 1.807) is 0 Å².